The maximum atomic E-state index is 6.03. The largest absolute Gasteiger partial charge is 0.453 e. The van der Waals surface area contributed by atoms with Crippen LogP contribution in [0.4, 0.5) is 0 Å². The fraction of sp³-hybridized carbons (Fsp3) is 0.500. The first-order chi connectivity index (χ1) is 8.91. The van der Waals surface area contributed by atoms with Crippen LogP contribution in [0.5, 0.6) is 0 Å². The first-order valence-corrected chi connectivity index (χ1v) is 7.52. The van der Waals surface area contributed by atoms with Crippen LogP contribution >= 0.6 is 22.9 Å². The average molecular weight is 299 g/mol. The summed E-state index contributed by atoms with van der Waals surface area (Å²) in [6.45, 7) is 6.52. The van der Waals surface area contributed by atoms with Gasteiger partial charge in [0.05, 0.1) is 17.0 Å². The van der Waals surface area contributed by atoms with Gasteiger partial charge < -0.3 is 9.73 Å². The molecule has 1 unspecified atom stereocenters. The average Bonchev–Trinajstić information content (AvgIpc) is 2.94. The number of rotatable bonds is 4. The Morgan fingerprint density at radius 1 is 1.47 bits per heavy atom. The number of halogens is 1. The first-order valence-electron chi connectivity index (χ1n) is 6.27. The minimum Gasteiger partial charge on any atom is -0.453 e. The molecule has 2 heterocycles. The molecule has 0 amide bonds. The zero-order chi connectivity index (χ0) is 14.0. The van der Waals surface area contributed by atoms with E-state index in [9.17, 15) is 0 Å². The SMILES string of the molecule is CNC(Cc1nc(C(C)(C)C)cs1)c1ccoc1Cl. The van der Waals surface area contributed by atoms with E-state index in [2.05, 4.69) is 31.5 Å². The zero-order valence-electron chi connectivity index (χ0n) is 11.7. The highest BCUT2D eigenvalue weighted by atomic mass is 35.5. The molecule has 19 heavy (non-hydrogen) atoms. The van der Waals surface area contributed by atoms with E-state index >= 15 is 0 Å². The molecule has 104 valence electrons. The number of furan rings is 1. The van der Waals surface area contributed by atoms with Crippen LogP contribution in [0.1, 0.15) is 43.1 Å². The third-order valence-corrected chi connectivity index (χ3v) is 4.25. The molecule has 0 saturated carbocycles. The van der Waals surface area contributed by atoms with Crippen molar-refractivity contribution < 1.29 is 4.42 Å². The number of nitrogens with one attached hydrogen (secondary N) is 1. The number of hydrogen-bond acceptors (Lipinski definition) is 4. The van der Waals surface area contributed by atoms with E-state index in [0.717, 1.165) is 22.7 Å². The lowest BCUT2D eigenvalue weighted by Gasteiger charge is -2.15. The highest BCUT2D eigenvalue weighted by Gasteiger charge is 2.21. The van der Waals surface area contributed by atoms with Gasteiger partial charge in [0, 0.05) is 28.8 Å². The number of nitrogens with zero attached hydrogens (tertiary/aromatic N) is 1. The second-order valence-electron chi connectivity index (χ2n) is 5.57. The quantitative estimate of drug-likeness (QED) is 0.920. The Kier molecular flexibility index (Phi) is 4.33. The normalized spacial score (nSPS) is 13.7. The van der Waals surface area contributed by atoms with Crippen molar-refractivity contribution in [2.24, 2.45) is 0 Å². The summed E-state index contributed by atoms with van der Waals surface area (Å²) in [7, 11) is 1.92. The van der Waals surface area contributed by atoms with Gasteiger partial charge in [-0.05, 0) is 24.7 Å². The van der Waals surface area contributed by atoms with Crippen molar-refractivity contribution in [2.45, 2.75) is 38.6 Å². The molecule has 0 aliphatic carbocycles. The maximum absolute atomic E-state index is 6.03. The first kappa shape index (κ1) is 14.6. The van der Waals surface area contributed by atoms with Gasteiger partial charge >= 0.3 is 0 Å². The van der Waals surface area contributed by atoms with E-state index < -0.39 is 0 Å². The fourth-order valence-electron chi connectivity index (χ4n) is 1.85. The number of thiazole rings is 1. The van der Waals surface area contributed by atoms with Crippen molar-refractivity contribution in [3.63, 3.8) is 0 Å². The van der Waals surface area contributed by atoms with Crippen LogP contribution in [0.15, 0.2) is 22.1 Å². The van der Waals surface area contributed by atoms with E-state index in [4.69, 9.17) is 21.0 Å². The van der Waals surface area contributed by atoms with Gasteiger partial charge in [0.15, 0.2) is 5.22 Å². The monoisotopic (exact) mass is 298 g/mol. The van der Waals surface area contributed by atoms with Crippen LogP contribution in [0, 0.1) is 0 Å². The Balaban J connectivity index is 2.16. The lowest BCUT2D eigenvalue weighted by molar-refractivity contribution is 0.540. The van der Waals surface area contributed by atoms with Crippen molar-refractivity contribution in [1.82, 2.24) is 10.3 Å². The molecule has 0 aliphatic heterocycles. The van der Waals surface area contributed by atoms with E-state index in [0.29, 0.717) is 5.22 Å². The van der Waals surface area contributed by atoms with Crippen molar-refractivity contribution in [3.8, 4) is 0 Å². The number of hydrogen-bond donors (Lipinski definition) is 1. The zero-order valence-corrected chi connectivity index (χ0v) is 13.2. The Morgan fingerprint density at radius 3 is 2.68 bits per heavy atom. The molecule has 3 nitrogen and oxygen atoms in total. The summed E-state index contributed by atoms with van der Waals surface area (Å²) < 4.78 is 5.15. The Hall–Kier alpha value is -0.840. The standard InChI is InChI=1S/C14H19ClN2OS/c1-14(2,3)11-8-19-12(17-11)7-10(16-4)9-5-6-18-13(9)15/h5-6,8,10,16H,7H2,1-4H3. The molecule has 5 heteroatoms. The van der Waals surface area contributed by atoms with Crippen molar-refractivity contribution in [3.05, 3.63) is 39.2 Å². The summed E-state index contributed by atoms with van der Waals surface area (Å²) in [5, 5.41) is 6.97. The van der Waals surface area contributed by atoms with Gasteiger partial charge in [-0.25, -0.2) is 4.98 Å². The van der Waals surface area contributed by atoms with E-state index in [-0.39, 0.29) is 11.5 Å². The van der Waals surface area contributed by atoms with Crippen LogP contribution in [-0.2, 0) is 11.8 Å². The Bertz CT molecular complexity index is 542. The maximum Gasteiger partial charge on any atom is 0.197 e. The highest BCUT2D eigenvalue weighted by Crippen LogP contribution is 2.29. The Morgan fingerprint density at radius 2 is 2.21 bits per heavy atom. The van der Waals surface area contributed by atoms with Crippen molar-refractivity contribution in [2.75, 3.05) is 7.05 Å². The van der Waals surface area contributed by atoms with Gasteiger partial charge in [0.2, 0.25) is 0 Å². The molecule has 0 aromatic carbocycles. The smallest absolute Gasteiger partial charge is 0.197 e. The van der Waals surface area contributed by atoms with Gasteiger partial charge in [0.1, 0.15) is 0 Å². The lowest BCUT2D eigenvalue weighted by Crippen LogP contribution is -2.19. The predicted molar refractivity (Wildman–Crippen MR) is 80.0 cm³/mol. The molecule has 1 atom stereocenters. The van der Waals surface area contributed by atoms with Gasteiger partial charge in [-0.15, -0.1) is 11.3 Å². The molecule has 0 spiro atoms. The van der Waals surface area contributed by atoms with Crippen molar-refractivity contribution in [1.29, 1.82) is 0 Å². The second kappa shape index (κ2) is 5.65. The van der Waals surface area contributed by atoms with E-state index in [1.165, 1.54) is 0 Å². The summed E-state index contributed by atoms with van der Waals surface area (Å²) in [6, 6.07) is 2.03. The Labute approximate surface area is 123 Å². The van der Waals surface area contributed by atoms with E-state index in [1.807, 2.05) is 13.1 Å². The molecule has 0 radical (unpaired) electrons. The minimum absolute atomic E-state index is 0.0944. The van der Waals surface area contributed by atoms with Gasteiger partial charge in [0.25, 0.3) is 0 Å². The topological polar surface area (TPSA) is 38.1 Å². The summed E-state index contributed by atoms with van der Waals surface area (Å²) in [6.07, 6.45) is 2.43. The molecule has 2 aromatic rings. The van der Waals surface area contributed by atoms with Crippen molar-refractivity contribution >= 4 is 22.9 Å². The number of aromatic nitrogens is 1. The second-order valence-corrected chi connectivity index (χ2v) is 6.86. The molecule has 2 rings (SSSR count). The summed E-state index contributed by atoms with van der Waals surface area (Å²) in [5.74, 6) is 0. The molecule has 2 aromatic heterocycles. The molecule has 0 fully saturated rings. The van der Waals surface area contributed by atoms with Crippen LogP contribution < -0.4 is 5.32 Å². The molecular weight excluding hydrogens is 280 g/mol. The molecular formula is C14H19ClN2OS. The van der Waals surface area contributed by atoms with Gasteiger partial charge in [-0.1, -0.05) is 20.8 Å². The van der Waals surface area contributed by atoms with E-state index in [1.54, 1.807) is 17.6 Å². The molecule has 0 bridgehead atoms. The third-order valence-electron chi connectivity index (χ3n) is 3.07. The van der Waals surface area contributed by atoms with Gasteiger partial charge in [-0.2, -0.15) is 0 Å². The fourth-order valence-corrected chi connectivity index (χ4v) is 3.16. The van der Waals surface area contributed by atoms with Crippen LogP contribution in [0.25, 0.3) is 0 Å². The minimum atomic E-state index is 0.0944. The van der Waals surface area contributed by atoms with Crippen LogP contribution in [-0.4, -0.2) is 12.0 Å². The predicted octanol–water partition coefficient (Wildman–Crippen LogP) is 4.19. The molecule has 0 aliphatic rings. The summed E-state index contributed by atoms with van der Waals surface area (Å²) in [5.41, 5.74) is 2.22. The third kappa shape index (κ3) is 3.38. The molecule has 1 N–H and O–H groups in total. The summed E-state index contributed by atoms with van der Waals surface area (Å²) >= 11 is 7.73. The number of likely N-dealkylation sites (N-methyl/N-ethyl adjacent to an activating group) is 1. The lowest BCUT2D eigenvalue weighted by atomic mass is 9.93. The summed E-state index contributed by atoms with van der Waals surface area (Å²) in [4.78, 5) is 4.71. The molecule has 0 saturated heterocycles. The van der Waals surface area contributed by atoms with Crippen LogP contribution in [0.2, 0.25) is 5.22 Å². The van der Waals surface area contributed by atoms with Gasteiger partial charge in [-0.3, -0.25) is 0 Å². The highest BCUT2D eigenvalue weighted by molar-refractivity contribution is 7.09. The van der Waals surface area contributed by atoms with Crippen LogP contribution in [0.3, 0.4) is 0 Å².